The summed E-state index contributed by atoms with van der Waals surface area (Å²) in [5.74, 6) is 1.47. The van der Waals surface area contributed by atoms with Gasteiger partial charge in [-0.15, -0.1) is 0 Å². The van der Waals surface area contributed by atoms with Crippen molar-refractivity contribution in [1.82, 2.24) is 9.97 Å². The Morgan fingerprint density at radius 1 is 1.17 bits per heavy atom. The van der Waals surface area contributed by atoms with Crippen LogP contribution in [0.25, 0.3) is 0 Å². The van der Waals surface area contributed by atoms with Crippen molar-refractivity contribution >= 4 is 0 Å². The first-order valence-corrected chi connectivity index (χ1v) is 5.88. The quantitative estimate of drug-likeness (QED) is 0.900. The van der Waals surface area contributed by atoms with Gasteiger partial charge in [0.05, 0.1) is 6.20 Å². The average molecular weight is 243 g/mol. The van der Waals surface area contributed by atoms with Crippen LogP contribution in [0.5, 0.6) is 11.5 Å². The Morgan fingerprint density at radius 3 is 2.56 bits per heavy atom. The molecule has 0 radical (unpaired) electrons. The molecule has 0 aliphatic heterocycles. The van der Waals surface area contributed by atoms with E-state index in [4.69, 9.17) is 10.5 Å². The molecule has 0 aliphatic rings. The van der Waals surface area contributed by atoms with Crippen LogP contribution in [0.15, 0.2) is 24.4 Å². The highest BCUT2D eigenvalue weighted by Crippen LogP contribution is 2.27. The van der Waals surface area contributed by atoms with Gasteiger partial charge in [0.15, 0.2) is 0 Å². The van der Waals surface area contributed by atoms with Crippen molar-refractivity contribution < 1.29 is 4.74 Å². The van der Waals surface area contributed by atoms with E-state index in [2.05, 4.69) is 9.97 Å². The Labute approximate surface area is 107 Å². The van der Waals surface area contributed by atoms with Crippen LogP contribution in [-0.4, -0.2) is 9.97 Å². The Morgan fingerprint density at radius 2 is 1.94 bits per heavy atom. The van der Waals surface area contributed by atoms with Crippen molar-refractivity contribution in [1.29, 1.82) is 0 Å². The molecule has 0 unspecified atom stereocenters. The highest BCUT2D eigenvalue weighted by atomic mass is 16.5. The fraction of sp³-hybridized carbons (Fsp3) is 0.286. The Kier molecular flexibility index (Phi) is 3.58. The molecule has 94 valence electrons. The van der Waals surface area contributed by atoms with Crippen LogP contribution in [-0.2, 0) is 6.54 Å². The monoisotopic (exact) mass is 243 g/mol. The number of hydrogen-bond donors (Lipinski definition) is 1. The molecule has 2 rings (SSSR count). The number of aromatic nitrogens is 2. The summed E-state index contributed by atoms with van der Waals surface area (Å²) in [5, 5.41) is 0. The van der Waals surface area contributed by atoms with Crippen molar-refractivity contribution in [2.75, 3.05) is 0 Å². The summed E-state index contributed by atoms with van der Waals surface area (Å²) in [4.78, 5) is 8.59. The second-order valence-electron chi connectivity index (χ2n) is 4.27. The average Bonchev–Trinajstić information content (AvgIpc) is 2.32. The molecule has 18 heavy (non-hydrogen) atoms. The summed E-state index contributed by atoms with van der Waals surface area (Å²) in [5.41, 5.74) is 9.46. The Bertz CT molecular complexity index is 550. The maximum atomic E-state index is 5.83. The lowest BCUT2D eigenvalue weighted by Gasteiger charge is -2.12. The first-order chi connectivity index (χ1) is 8.60. The van der Waals surface area contributed by atoms with Gasteiger partial charge in [0.1, 0.15) is 11.5 Å². The second kappa shape index (κ2) is 5.14. The molecular formula is C14H17N3O. The standard InChI is InChI=1S/C14H17N3O/c1-9-4-5-12(8-16-9)18-14-6-10(2)17-11(3)13(14)7-15/h4-6,8H,7,15H2,1-3H3. The first-order valence-electron chi connectivity index (χ1n) is 5.88. The zero-order chi connectivity index (χ0) is 13.1. The van der Waals surface area contributed by atoms with Crippen molar-refractivity contribution in [2.45, 2.75) is 27.3 Å². The predicted octanol–water partition coefficient (Wildman–Crippen LogP) is 2.65. The van der Waals surface area contributed by atoms with Crippen molar-refractivity contribution in [3.05, 3.63) is 47.0 Å². The topological polar surface area (TPSA) is 61.0 Å². The molecule has 0 saturated heterocycles. The second-order valence-corrected chi connectivity index (χ2v) is 4.27. The summed E-state index contributed by atoms with van der Waals surface area (Å²) in [6.45, 7) is 6.23. The van der Waals surface area contributed by atoms with Gasteiger partial charge in [-0.25, -0.2) is 0 Å². The first kappa shape index (κ1) is 12.5. The van der Waals surface area contributed by atoms with Crippen LogP contribution in [0.2, 0.25) is 0 Å². The third-order valence-electron chi connectivity index (χ3n) is 2.73. The summed E-state index contributed by atoms with van der Waals surface area (Å²) >= 11 is 0. The highest BCUT2D eigenvalue weighted by molar-refractivity contribution is 5.40. The minimum absolute atomic E-state index is 0.410. The molecule has 4 nitrogen and oxygen atoms in total. The molecule has 0 bridgehead atoms. The number of ether oxygens (including phenoxy) is 1. The molecule has 4 heteroatoms. The van der Waals surface area contributed by atoms with E-state index in [-0.39, 0.29) is 0 Å². The normalized spacial score (nSPS) is 10.4. The fourth-order valence-electron chi connectivity index (χ4n) is 1.80. The molecule has 0 aliphatic carbocycles. The molecule has 0 saturated carbocycles. The van der Waals surface area contributed by atoms with E-state index in [0.717, 1.165) is 28.4 Å². The summed E-state index contributed by atoms with van der Waals surface area (Å²) < 4.78 is 5.83. The van der Waals surface area contributed by atoms with Gasteiger partial charge >= 0.3 is 0 Å². The SMILES string of the molecule is Cc1ccc(Oc2cc(C)nc(C)c2CN)cn1. The number of hydrogen-bond acceptors (Lipinski definition) is 4. The molecule has 0 fully saturated rings. The third-order valence-corrected chi connectivity index (χ3v) is 2.73. The molecule has 0 aromatic carbocycles. The van der Waals surface area contributed by atoms with Crippen LogP contribution in [0, 0.1) is 20.8 Å². The number of pyridine rings is 2. The summed E-state index contributed by atoms with van der Waals surface area (Å²) in [7, 11) is 0. The van der Waals surface area contributed by atoms with Crippen molar-refractivity contribution in [2.24, 2.45) is 5.73 Å². The van der Waals surface area contributed by atoms with Gasteiger partial charge in [-0.05, 0) is 32.9 Å². The summed E-state index contributed by atoms with van der Waals surface area (Å²) in [6.07, 6.45) is 1.71. The van der Waals surface area contributed by atoms with E-state index < -0.39 is 0 Å². The highest BCUT2D eigenvalue weighted by Gasteiger charge is 2.09. The van der Waals surface area contributed by atoms with Gasteiger partial charge in [-0.2, -0.15) is 0 Å². The molecular weight excluding hydrogens is 226 g/mol. The van der Waals surface area contributed by atoms with Gasteiger partial charge in [-0.1, -0.05) is 0 Å². The lowest BCUT2D eigenvalue weighted by atomic mass is 10.1. The molecule has 2 heterocycles. The Hall–Kier alpha value is -1.94. The number of nitrogens with two attached hydrogens (primary N) is 1. The lowest BCUT2D eigenvalue weighted by Crippen LogP contribution is -2.05. The maximum absolute atomic E-state index is 5.83. The van der Waals surface area contributed by atoms with Crippen molar-refractivity contribution in [3.8, 4) is 11.5 Å². The third kappa shape index (κ3) is 2.65. The molecule has 2 aromatic rings. The van der Waals surface area contributed by atoms with Crippen LogP contribution in [0.3, 0.4) is 0 Å². The van der Waals surface area contributed by atoms with Crippen LogP contribution in [0.1, 0.15) is 22.6 Å². The van der Waals surface area contributed by atoms with Crippen LogP contribution in [0.4, 0.5) is 0 Å². The minimum atomic E-state index is 0.410. The summed E-state index contributed by atoms with van der Waals surface area (Å²) in [6, 6.07) is 5.71. The van der Waals surface area contributed by atoms with Gasteiger partial charge in [-0.3, -0.25) is 9.97 Å². The Balaban J connectivity index is 2.36. The molecule has 0 atom stereocenters. The fourth-order valence-corrected chi connectivity index (χ4v) is 1.80. The van der Waals surface area contributed by atoms with Gasteiger partial charge in [0, 0.05) is 35.3 Å². The van der Waals surface area contributed by atoms with E-state index in [1.54, 1.807) is 6.20 Å². The van der Waals surface area contributed by atoms with Gasteiger partial charge in [0.2, 0.25) is 0 Å². The van der Waals surface area contributed by atoms with Crippen LogP contribution >= 0.6 is 0 Å². The molecule has 0 spiro atoms. The van der Waals surface area contributed by atoms with Crippen LogP contribution < -0.4 is 10.5 Å². The molecule has 2 aromatic heterocycles. The van der Waals surface area contributed by atoms with E-state index >= 15 is 0 Å². The smallest absolute Gasteiger partial charge is 0.145 e. The zero-order valence-corrected chi connectivity index (χ0v) is 10.9. The predicted molar refractivity (Wildman–Crippen MR) is 70.7 cm³/mol. The molecule has 2 N–H and O–H groups in total. The van der Waals surface area contributed by atoms with E-state index in [9.17, 15) is 0 Å². The largest absolute Gasteiger partial charge is 0.455 e. The number of aryl methyl sites for hydroxylation is 3. The van der Waals surface area contributed by atoms with Gasteiger partial charge in [0.25, 0.3) is 0 Å². The van der Waals surface area contributed by atoms with E-state index in [1.807, 2.05) is 39.0 Å². The number of nitrogens with zero attached hydrogens (tertiary/aromatic N) is 2. The maximum Gasteiger partial charge on any atom is 0.145 e. The zero-order valence-electron chi connectivity index (χ0n) is 10.9. The van der Waals surface area contributed by atoms with E-state index in [1.165, 1.54) is 0 Å². The van der Waals surface area contributed by atoms with E-state index in [0.29, 0.717) is 12.3 Å². The molecule has 0 amide bonds. The number of rotatable bonds is 3. The minimum Gasteiger partial charge on any atom is -0.455 e. The lowest BCUT2D eigenvalue weighted by molar-refractivity contribution is 0.471. The van der Waals surface area contributed by atoms with Gasteiger partial charge < -0.3 is 10.5 Å². The van der Waals surface area contributed by atoms with Crippen molar-refractivity contribution in [3.63, 3.8) is 0 Å².